The van der Waals surface area contributed by atoms with E-state index in [-0.39, 0.29) is 0 Å². The number of carbonyl (C=O) groups is 1. The van der Waals surface area contributed by atoms with Gasteiger partial charge in [-0.2, -0.15) is 0 Å². The molecule has 1 atom stereocenters. The second-order valence-electron chi connectivity index (χ2n) is 3.63. The van der Waals surface area contributed by atoms with Crippen LogP contribution in [-0.2, 0) is 11.2 Å². The maximum Gasteiger partial charge on any atom is 0.234 e. The quantitative estimate of drug-likeness (QED) is 0.827. The van der Waals surface area contributed by atoms with Gasteiger partial charge in [-0.05, 0) is 36.6 Å². The normalized spacial score (nSPS) is 12.2. The number of rotatable bonds is 4. The van der Waals surface area contributed by atoms with E-state index in [1.54, 1.807) is 13.2 Å². The zero-order chi connectivity index (χ0) is 12.3. The Morgan fingerprint density at radius 2 is 2.19 bits per heavy atom. The van der Waals surface area contributed by atoms with E-state index in [0.717, 1.165) is 11.1 Å². The fraction of sp³-hybridized carbons (Fsp3) is 0.364. The molecular formula is C11H15ClN2O2. The first-order valence-corrected chi connectivity index (χ1v) is 5.21. The summed E-state index contributed by atoms with van der Waals surface area (Å²) in [5.74, 6) is 0.0851. The topological polar surface area (TPSA) is 78.3 Å². The third-order valence-electron chi connectivity index (χ3n) is 2.42. The van der Waals surface area contributed by atoms with Gasteiger partial charge in [-0.15, -0.1) is 0 Å². The molecule has 0 saturated carbocycles. The molecule has 4 nitrogen and oxygen atoms in total. The number of halogens is 1. The lowest BCUT2D eigenvalue weighted by Crippen LogP contribution is -2.38. The minimum absolute atomic E-state index is 0.380. The lowest BCUT2D eigenvalue weighted by atomic mass is 10.0. The number of hydrogen-bond acceptors (Lipinski definition) is 3. The maximum absolute atomic E-state index is 10.9. The van der Waals surface area contributed by atoms with Crippen LogP contribution in [0.15, 0.2) is 12.1 Å². The van der Waals surface area contributed by atoms with Crippen molar-refractivity contribution >= 4 is 17.5 Å². The molecule has 1 aromatic carbocycles. The van der Waals surface area contributed by atoms with Crippen LogP contribution in [0.3, 0.4) is 0 Å². The predicted octanol–water partition coefficient (Wildman–Crippen LogP) is 1.01. The molecule has 16 heavy (non-hydrogen) atoms. The third-order valence-corrected chi connectivity index (χ3v) is 2.71. The van der Waals surface area contributed by atoms with E-state index in [4.69, 9.17) is 27.8 Å². The van der Waals surface area contributed by atoms with Crippen LogP contribution in [0.4, 0.5) is 0 Å². The lowest BCUT2D eigenvalue weighted by molar-refractivity contribution is -0.119. The van der Waals surface area contributed by atoms with Gasteiger partial charge in [0.1, 0.15) is 5.75 Å². The maximum atomic E-state index is 10.9. The molecular weight excluding hydrogens is 228 g/mol. The molecule has 0 aliphatic rings. The number of hydrogen-bond donors (Lipinski definition) is 2. The first-order chi connectivity index (χ1) is 7.45. The summed E-state index contributed by atoms with van der Waals surface area (Å²) in [6.45, 7) is 1.90. The van der Waals surface area contributed by atoms with Gasteiger partial charge in [0.2, 0.25) is 5.91 Å². The number of amides is 1. The van der Waals surface area contributed by atoms with Gasteiger partial charge in [0.25, 0.3) is 0 Å². The van der Waals surface area contributed by atoms with Crippen LogP contribution in [0.25, 0.3) is 0 Å². The van der Waals surface area contributed by atoms with Crippen molar-refractivity contribution in [2.45, 2.75) is 19.4 Å². The van der Waals surface area contributed by atoms with E-state index in [1.807, 2.05) is 13.0 Å². The van der Waals surface area contributed by atoms with E-state index in [9.17, 15) is 4.79 Å². The molecule has 0 aromatic heterocycles. The molecule has 1 amide bonds. The Morgan fingerprint density at radius 3 is 2.69 bits per heavy atom. The number of methoxy groups -OCH3 is 1. The molecule has 1 unspecified atom stereocenters. The first-order valence-electron chi connectivity index (χ1n) is 4.83. The summed E-state index contributed by atoms with van der Waals surface area (Å²) in [5.41, 5.74) is 12.6. The minimum Gasteiger partial charge on any atom is -0.495 e. The fourth-order valence-electron chi connectivity index (χ4n) is 1.41. The largest absolute Gasteiger partial charge is 0.495 e. The van der Waals surface area contributed by atoms with Gasteiger partial charge >= 0.3 is 0 Å². The molecule has 0 heterocycles. The third kappa shape index (κ3) is 2.87. The number of nitrogens with two attached hydrogens (primary N) is 2. The van der Waals surface area contributed by atoms with Crippen molar-refractivity contribution in [2.24, 2.45) is 11.5 Å². The highest BCUT2D eigenvalue weighted by molar-refractivity contribution is 6.32. The Kier molecular flexibility index (Phi) is 4.15. The van der Waals surface area contributed by atoms with Crippen LogP contribution >= 0.6 is 11.6 Å². The molecule has 0 aliphatic heterocycles. The summed E-state index contributed by atoms with van der Waals surface area (Å²) in [4.78, 5) is 10.9. The first kappa shape index (κ1) is 12.8. The number of carbonyl (C=O) groups excluding carboxylic acids is 1. The van der Waals surface area contributed by atoms with E-state index in [0.29, 0.717) is 17.2 Å². The molecule has 0 saturated heterocycles. The number of ether oxygens (including phenoxy) is 1. The van der Waals surface area contributed by atoms with Gasteiger partial charge in [0.15, 0.2) is 0 Å². The molecule has 0 aliphatic carbocycles. The van der Waals surface area contributed by atoms with Crippen LogP contribution in [0.2, 0.25) is 5.02 Å². The van der Waals surface area contributed by atoms with Crippen LogP contribution < -0.4 is 16.2 Å². The van der Waals surface area contributed by atoms with E-state index in [1.165, 1.54) is 0 Å². The van der Waals surface area contributed by atoms with Crippen LogP contribution in [-0.4, -0.2) is 19.1 Å². The highest BCUT2D eigenvalue weighted by Crippen LogP contribution is 2.28. The summed E-state index contributed by atoms with van der Waals surface area (Å²) in [5, 5.41) is 0.500. The monoisotopic (exact) mass is 242 g/mol. The number of benzene rings is 1. The van der Waals surface area contributed by atoms with Crippen molar-refractivity contribution in [1.29, 1.82) is 0 Å². The minimum atomic E-state index is -0.692. The van der Waals surface area contributed by atoms with Crippen LogP contribution in [0, 0.1) is 6.92 Å². The fourth-order valence-corrected chi connectivity index (χ4v) is 1.67. The molecule has 0 bridgehead atoms. The highest BCUT2D eigenvalue weighted by atomic mass is 35.5. The van der Waals surface area contributed by atoms with Crippen LogP contribution in [0.1, 0.15) is 11.1 Å². The van der Waals surface area contributed by atoms with Gasteiger partial charge < -0.3 is 16.2 Å². The standard InChI is InChI=1S/C11H15ClN2O2/c1-6-3-10(16-2)8(12)4-7(6)5-9(13)11(14)15/h3-4,9H,5,13H2,1-2H3,(H2,14,15). The van der Waals surface area contributed by atoms with Crippen molar-refractivity contribution in [1.82, 2.24) is 0 Å². The highest BCUT2D eigenvalue weighted by Gasteiger charge is 2.13. The summed E-state index contributed by atoms with van der Waals surface area (Å²) in [7, 11) is 1.55. The molecule has 0 radical (unpaired) electrons. The molecule has 88 valence electrons. The Balaban J connectivity index is 2.98. The SMILES string of the molecule is COc1cc(C)c(CC(N)C(N)=O)cc1Cl. The van der Waals surface area contributed by atoms with Gasteiger partial charge in [0, 0.05) is 0 Å². The van der Waals surface area contributed by atoms with Crippen molar-refractivity contribution in [3.05, 3.63) is 28.3 Å². The Morgan fingerprint density at radius 1 is 1.56 bits per heavy atom. The summed E-state index contributed by atoms with van der Waals surface area (Å²) in [6, 6.07) is 2.87. The zero-order valence-corrected chi connectivity index (χ0v) is 10.0. The second kappa shape index (κ2) is 5.18. The van der Waals surface area contributed by atoms with Crippen molar-refractivity contribution in [2.75, 3.05) is 7.11 Å². The van der Waals surface area contributed by atoms with Crippen molar-refractivity contribution < 1.29 is 9.53 Å². The Hall–Kier alpha value is -1.26. The summed E-state index contributed by atoms with van der Waals surface area (Å²) < 4.78 is 5.08. The molecule has 1 aromatic rings. The van der Waals surface area contributed by atoms with E-state index in [2.05, 4.69) is 0 Å². The smallest absolute Gasteiger partial charge is 0.234 e. The average Bonchev–Trinajstić information content (AvgIpc) is 2.22. The van der Waals surface area contributed by atoms with Gasteiger partial charge in [-0.3, -0.25) is 4.79 Å². The summed E-state index contributed by atoms with van der Waals surface area (Å²) >= 11 is 5.98. The second-order valence-corrected chi connectivity index (χ2v) is 4.03. The van der Waals surface area contributed by atoms with Gasteiger partial charge in [-0.1, -0.05) is 11.6 Å². The van der Waals surface area contributed by atoms with E-state index < -0.39 is 11.9 Å². The Bertz CT molecular complexity index is 407. The molecule has 5 heteroatoms. The van der Waals surface area contributed by atoms with Crippen LogP contribution in [0.5, 0.6) is 5.75 Å². The van der Waals surface area contributed by atoms with Crippen molar-refractivity contribution in [3.8, 4) is 5.75 Å². The predicted molar refractivity (Wildman–Crippen MR) is 63.6 cm³/mol. The number of primary amides is 1. The van der Waals surface area contributed by atoms with Crippen molar-refractivity contribution in [3.63, 3.8) is 0 Å². The number of aryl methyl sites for hydroxylation is 1. The Labute approximate surface area is 99.5 Å². The molecule has 4 N–H and O–H groups in total. The van der Waals surface area contributed by atoms with Gasteiger partial charge in [-0.25, -0.2) is 0 Å². The summed E-state index contributed by atoms with van der Waals surface area (Å²) in [6.07, 6.45) is 0.380. The van der Waals surface area contributed by atoms with Gasteiger partial charge in [0.05, 0.1) is 18.2 Å². The molecule has 1 rings (SSSR count). The average molecular weight is 243 g/mol. The lowest BCUT2D eigenvalue weighted by Gasteiger charge is -2.12. The van der Waals surface area contributed by atoms with E-state index >= 15 is 0 Å². The molecule has 0 spiro atoms. The molecule has 0 fully saturated rings. The zero-order valence-electron chi connectivity index (χ0n) is 9.29.